The number of oxime groups is 1. The number of hydrogen-bond acceptors (Lipinski definition) is 9. The molecule has 0 radical (unpaired) electrons. The van der Waals surface area contributed by atoms with Gasteiger partial charge in [0.2, 0.25) is 21.8 Å². The molecule has 0 aromatic heterocycles. The topological polar surface area (TPSA) is 175 Å². The number of hydroxylamine groups is 2. The van der Waals surface area contributed by atoms with Gasteiger partial charge in [-0.3, -0.25) is 29.1 Å². The maximum absolute atomic E-state index is 14.4. The lowest BCUT2D eigenvalue weighted by atomic mass is 10.0. The molecule has 3 aromatic rings. The van der Waals surface area contributed by atoms with Crippen molar-refractivity contribution in [3.8, 4) is 11.1 Å². The number of likely N-dealkylation sites (tertiary alicyclic amines) is 1. The van der Waals surface area contributed by atoms with Gasteiger partial charge >= 0.3 is 0 Å². The van der Waals surface area contributed by atoms with E-state index in [-0.39, 0.29) is 24.9 Å². The van der Waals surface area contributed by atoms with E-state index >= 15 is 0 Å². The second-order valence-electron chi connectivity index (χ2n) is 14.4. The van der Waals surface area contributed by atoms with E-state index in [1.807, 2.05) is 48.5 Å². The number of sulfonamides is 1. The van der Waals surface area contributed by atoms with Crippen molar-refractivity contribution in [1.82, 2.24) is 20.0 Å². The molecule has 3 fully saturated rings. The Morgan fingerprint density at radius 1 is 0.962 bits per heavy atom. The molecule has 7 rings (SSSR count). The first kappa shape index (κ1) is 36.0. The van der Waals surface area contributed by atoms with Crippen LogP contribution in [0.25, 0.3) is 11.1 Å². The maximum Gasteiger partial charge on any atom is 0.277 e. The second-order valence-corrected chi connectivity index (χ2v) is 16.3. The van der Waals surface area contributed by atoms with E-state index in [2.05, 4.69) is 21.8 Å². The summed E-state index contributed by atoms with van der Waals surface area (Å²) in [5.41, 5.74) is 2.88. The minimum atomic E-state index is -3.92. The number of fused-ring (bicyclic) bond motifs is 3. The molecule has 53 heavy (non-hydrogen) atoms. The van der Waals surface area contributed by atoms with Crippen LogP contribution in [-0.4, -0.2) is 88.4 Å². The minimum Gasteiger partial charge on any atom is -0.390 e. The van der Waals surface area contributed by atoms with Gasteiger partial charge in [0, 0.05) is 29.0 Å². The smallest absolute Gasteiger partial charge is 0.277 e. The van der Waals surface area contributed by atoms with E-state index in [0.29, 0.717) is 23.6 Å². The molecular weight excluding hydrogens is 699 g/mol. The van der Waals surface area contributed by atoms with Crippen molar-refractivity contribution in [3.63, 3.8) is 0 Å². The molecule has 3 aromatic carbocycles. The number of benzene rings is 3. The van der Waals surface area contributed by atoms with Crippen LogP contribution in [-0.2, 0) is 29.2 Å². The third kappa shape index (κ3) is 6.72. The Morgan fingerprint density at radius 3 is 2.09 bits per heavy atom. The fourth-order valence-electron chi connectivity index (χ4n) is 7.29. The summed E-state index contributed by atoms with van der Waals surface area (Å²) < 4.78 is 27.5. The summed E-state index contributed by atoms with van der Waals surface area (Å²) in [7, 11) is -3.92. The van der Waals surface area contributed by atoms with Crippen LogP contribution in [0.3, 0.4) is 0 Å². The average Bonchev–Trinajstić information content (AvgIpc) is 4.06. The predicted molar refractivity (Wildman–Crippen MR) is 195 cm³/mol. The van der Waals surface area contributed by atoms with Crippen molar-refractivity contribution in [2.45, 2.75) is 68.5 Å². The first-order valence-corrected chi connectivity index (χ1v) is 19.2. The van der Waals surface area contributed by atoms with Crippen LogP contribution in [0.1, 0.15) is 61.0 Å². The molecule has 3 aliphatic carbocycles. The monoisotopic (exact) mass is 739 g/mol. The van der Waals surface area contributed by atoms with Gasteiger partial charge in [0.05, 0.1) is 11.8 Å². The fraction of sp³-hybridized carbons (Fsp3) is 0.359. The molecular formula is C39H41N5O8S. The zero-order valence-electron chi connectivity index (χ0n) is 29.3. The van der Waals surface area contributed by atoms with Gasteiger partial charge in [-0.05, 0) is 48.4 Å². The van der Waals surface area contributed by atoms with Gasteiger partial charge in [0.25, 0.3) is 11.8 Å². The highest BCUT2D eigenvalue weighted by molar-refractivity contribution is 7.91. The number of amides is 4. The van der Waals surface area contributed by atoms with Crippen molar-refractivity contribution in [2.24, 2.45) is 17.0 Å². The van der Waals surface area contributed by atoms with E-state index in [0.717, 1.165) is 22.3 Å². The van der Waals surface area contributed by atoms with E-state index in [1.165, 1.54) is 23.1 Å². The number of hydrogen-bond donors (Lipinski definition) is 3. The lowest BCUT2D eigenvalue weighted by Gasteiger charge is -2.34. The second kappa shape index (κ2) is 13.9. The highest BCUT2D eigenvalue weighted by Gasteiger charge is 2.62. The van der Waals surface area contributed by atoms with Crippen LogP contribution in [0.4, 0.5) is 0 Å². The summed E-state index contributed by atoms with van der Waals surface area (Å²) >= 11 is 0. The maximum atomic E-state index is 14.4. The third-order valence-corrected chi connectivity index (χ3v) is 12.2. The summed E-state index contributed by atoms with van der Waals surface area (Å²) in [5, 5.41) is 18.2. The van der Waals surface area contributed by atoms with Gasteiger partial charge in [0.1, 0.15) is 29.4 Å². The van der Waals surface area contributed by atoms with Crippen LogP contribution >= 0.6 is 0 Å². The zero-order chi connectivity index (χ0) is 37.7. The molecule has 1 aliphatic heterocycles. The molecule has 1 saturated heterocycles. The molecule has 1 heterocycles. The SMILES string of the molecule is C=C[C@@H]1C[C@@]1(NC(=O)[C@@H]1C[C@@H](ON=C2c3ccccc3-c3ccccc32)CN1C(=O)[C@@H](C(C)C)N(O)C(=O)c1ccccc1)C(=O)NS(=O)(=O)C1CC1. The average molecular weight is 740 g/mol. The zero-order valence-corrected chi connectivity index (χ0v) is 30.2. The number of rotatable bonds is 12. The Morgan fingerprint density at radius 2 is 1.55 bits per heavy atom. The van der Waals surface area contributed by atoms with Crippen LogP contribution in [0.5, 0.6) is 0 Å². The van der Waals surface area contributed by atoms with E-state index < -0.39 is 74.5 Å². The summed E-state index contributed by atoms with van der Waals surface area (Å²) in [4.78, 5) is 62.8. The van der Waals surface area contributed by atoms with Gasteiger partial charge in [0.15, 0.2) is 0 Å². The summed E-state index contributed by atoms with van der Waals surface area (Å²) in [6.45, 7) is 6.96. The normalized spacial score (nSPS) is 23.4. The lowest BCUT2D eigenvalue weighted by Crippen LogP contribution is -2.59. The number of nitrogens with one attached hydrogen (secondary N) is 2. The molecule has 3 N–H and O–H groups in total. The molecule has 0 unspecified atom stereocenters. The molecule has 0 bridgehead atoms. The fourth-order valence-corrected chi connectivity index (χ4v) is 8.65. The van der Waals surface area contributed by atoms with Crippen molar-refractivity contribution >= 4 is 39.4 Å². The third-order valence-electron chi connectivity index (χ3n) is 10.4. The van der Waals surface area contributed by atoms with Gasteiger partial charge in [-0.2, -0.15) is 0 Å². The van der Waals surface area contributed by atoms with Crippen molar-refractivity contribution in [2.75, 3.05) is 6.54 Å². The quantitative estimate of drug-likeness (QED) is 0.112. The van der Waals surface area contributed by atoms with Gasteiger partial charge in [-0.15, -0.1) is 6.58 Å². The molecule has 4 aliphatic rings. The number of carbonyl (C=O) groups excluding carboxylic acids is 4. The highest BCUT2D eigenvalue weighted by atomic mass is 32.2. The summed E-state index contributed by atoms with van der Waals surface area (Å²) in [6, 6.07) is 20.9. The Kier molecular flexibility index (Phi) is 9.45. The highest BCUT2D eigenvalue weighted by Crippen LogP contribution is 2.45. The van der Waals surface area contributed by atoms with E-state index in [1.54, 1.807) is 32.0 Å². The van der Waals surface area contributed by atoms with Crippen molar-refractivity contribution in [1.29, 1.82) is 0 Å². The van der Waals surface area contributed by atoms with Crippen LogP contribution in [0, 0.1) is 11.8 Å². The Bertz CT molecular complexity index is 2070. The summed E-state index contributed by atoms with van der Waals surface area (Å²) in [5.74, 6) is -4.24. The first-order valence-electron chi connectivity index (χ1n) is 17.7. The Labute approximate surface area is 307 Å². The molecule has 0 spiro atoms. The molecule has 4 amide bonds. The number of nitrogens with zero attached hydrogens (tertiary/aromatic N) is 3. The Hall–Kier alpha value is -5.34. The lowest BCUT2D eigenvalue weighted by molar-refractivity contribution is -0.159. The molecule has 14 heteroatoms. The predicted octanol–water partition coefficient (Wildman–Crippen LogP) is 3.63. The van der Waals surface area contributed by atoms with Gasteiger partial charge < -0.3 is 15.1 Å². The molecule has 5 atom stereocenters. The van der Waals surface area contributed by atoms with Crippen molar-refractivity contribution < 1.29 is 37.6 Å². The molecule has 2 saturated carbocycles. The number of carbonyl (C=O) groups is 4. The minimum absolute atomic E-state index is 0.0443. The largest absolute Gasteiger partial charge is 0.390 e. The Balaban J connectivity index is 1.18. The van der Waals surface area contributed by atoms with E-state index in [4.69, 9.17) is 4.84 Å². The van der Waals surface area contributed by atoms with E-state index in [9.17, 15) is 32.8 Å². The first-order chi connectivity index (χ1) is 25.4. The summed E-state index contributed by atoms with van der Waals surface area (Å²) in [6.07, 6.45) is 1.64. The molecule has 13 nitrogen and oxygen atoms in total. The van der Waals surface area contributed by atoms with Gasteiger partial charge in [-0.25, -0.2) is 13.5 Å². The molecule has 276 valence electrons. The van der Waals surface area contributed by atoms with Crippen LogP contribution < -0.4 is 10.0 Å². The van der Waals surface area contributed by atoms with Gasteiger partial charge in [-0.1, -0.05) is 91.8 Å². The van der Waals surface area contributed by atoms with Crippen LogP contribution in [0.15, 0.2) is 96.7 Å². The standard InChI is InChI=1S/C39H41N5O8S/c1-4-25-21-39(25,38(48)42-53(50,51)27-18-19-27)40-35(45)32-20-26(52-41-33-30-16-10-8-14-28(30)29-15-9-11-17-31(29)33)22-43(32)37(47)34(23(2)3)44(49)36(46)24-12-6-5-7-13-24/h4-17,23,25-27,32,34,49H,1,18-22H2,2-3H3,(H,40,45)(H,42,48)/t25-,26-,32+,34-,39+/m1/s1. The van der Waals surface area contributed by atoms with Crippen LogP contribution in [0.2, 0.25) is 0 Å². The van der Waals surface area contributed by atoms with Crippen molar-refractivity contribution in [3.05, 3.63) is 108 Å².